The molecule has 160 valence electrons. The van der Waals surface area contributed by atoms with Gasteiger partial charge < -0.3 is 20.5 Å². The first kappa shape index (κ1) is 22.2. The fourth-order valence-corrected chi connectivity index (χ4v) is 3.20. The average Bonchev–Trinajstić information content (AvgIpc) is 2.78. The minimum atomic E-state index is -0.836. The maximum atomic E-state index is 12.7. The van der Waals surface area contributed by atoms with Crippen LogP contribution in [0.4, 0.5) is 0 Å². The summed E-state index contributed by atoms with van der Waals surface area (Å²) < 4.78 is 11.2. The molecule has 0 aliphatic carbocycles. The predicted molar refractivity (Wildman–Crippen MR) is 119 cm³/mol. The number of rotatable bonds is 9. The first-order valence-corrected chi connectivity index (χ1v) is 10.0. The third kappa shape index (κ3) is 5.99. The molecule has 3 aromatic carbocycles. The summed E-state index contributed by atoms with van der Waals surface area (Å²) in [4.78, 5) is 24.6. The van der Waals surface area contributed by atoms with Crippen molar-refractivity contribution >= 4 is 23.4 Å². The fourth-order valence-electron chi connectivity index (χ4n) is 3.01. The van der Waals surface area contributed by atoms with Crippen LogP contribution >= 0.6 is 11.6 Å². The maximum Gasteiger partial charge on any atom is 0.252 e. The van der Waals surface area contributed by atoms with E-state index in [0.29, 0.717) is 28.5 Å². The van der Waals surface area contributed by atoms with Gasteiger partial charge in [-0.3, -0.25) is 9.59 Å². The molecule has 6 nitrogen and oxygen atoms in total. The van der Waals surface area contributed by atoms with Crippen LogP contribution in [-0.4, -0.2) is 25.0 Å². The SMILES string of the molecule is COc1cc(C(=O)NC(Cc2ccccc2)C(N)=O)ccc1OCc1ccccc1Cl. The van der Waals surface area contributed by atoms with Crippen LogP contribution in [0.25, 0.3) is 0 Å². The van der Waals surface area contributed by atoms with Crippen LogP contribution in [0.5, 0.6) is 11.5 Å². The molecule has 0 radical (unpaired) electrons. The van der Waals surface area contributed by atoms with E-state index >= 15 is 0 Å². The molecule has 1 atom stereocenters. The highest BCUT2D eigenvalue weighted by Crippen LogP contribution is 2.29. The lowest BCUT2D eigenvalue weighted by atomic mass is 10.0. The summed E-state index contributed by atoms with van der Waals surface area (Å²) in [6.07, 6.45) is 0.304. The summed E-state index contributed by atoms with van der Waals surface area (Å²) in [5, 5.41) is 3.30. The Labute approximate surface area is 185 Å². The van der Waals surface area contributed by atoms with Gasteiger partial charge in [-0.2, -0.15) is 0 Å². The highest BCUT2D eigenvalue weighted by molar-refractivity contribution is 6.31. The van der Waals surface area contributed by atoms with E-state index in [2.05, 4.69) is 5.32 Å². The number of amides is 2. The van der Waals surface area contributed by atoms with Gasteiger partial charge in [-0.05, 0) is 29.8 Å². The smallest absolute Gasteiger partial charge is 0.252 e. The summed E-state index contributed by atoms with van der Waals surface area (Å²) in [5.41, 5.74) is 7.54. The van der Waals surface area contributed by atoms with Crippen LogP contribution in [-0.2, 0) is 17.8 Å². The van der Waals surface area contributed by atoms with Gasteiger partial charge in [0.2, 0.25) is 5.91 Å². The Kier molecular flexibility index (Phi) is 7.51. The highest BCUT2D eigenvalue weighted by Gasteiger charge is 2.20. The number of ether oxygens (including phenoxy) is 2. The molecule has 0 fully saturated rings. The number of nitrogens with one attached hydrogen (secondary N) is 1. The van der Waals surface area contributed by atoms with Gasteiger partial charge >= 0.3 is 0 Å². The van der Waals surface area contributed by atoms with Crippen molar-refractivity contribution in [2.75, 3.05) is 7.11 Å². The first-order valence-electron chi connectivity index (χ1n) is 9.66. The predicted octanol–water partition coefficient (Wildman–Crippen LogP) is 3.75. The van der Waals surface area contributed by atoms with Crippen LogP contribution in [0.2, 0.25) is 5.02 Å². The largest absolute Gasteiger partial charge is 0.493 e. The number of carbonyl (C=O) groups is 2. The standard InChI is InChI=1S/C24H23ClN2O4/c1-30-22-14-17(11-12-21(22)31-15-18-9-5-6-10-19(18)25)24(29)27-20(23(26)28)13-16-7-3-2-4-8-16/h2-12,14,20H,13,15H2,1H3,(H2,26,28)(H,27,29). The number of nitrogens with two attached hydrogens (primary N) is 1. The molecular weight excluding hydrogens is 416 g/mol. The minimum absolute atomic E-state index is 0.252. The zero-order chi connectivity index (χ0) is 22.2. The zero-order valence-electron chi connectivity index (χ0n) is 17.0. The Bertz CT molecular complexity index is 1060. The summed E-state index contributed by atoms with van der Waals surface area (Å²) in [7, 11) is 1.49. The fraction of sp³-hybridized carbons (Fsp3) is 0.167. The van der Waals surface area contributed by atoms with E-state index in [1.165, 1.54) is 7.11 Å². The molecule has 3 rings (SSSR count). The Balaban J connectivity index is 1.70. The Morgan fingerprint density at radius 3 is 2.39 bits per heavy atom. The molecule has 0 aliphatic rings. The molecule has 0 saturated carbocycles. The number of hydrogen-bond acceptors (Lipinski definition) is 4. The van der Waals surface area contributed by atoms with Gasteiger partial charge in [0.15, 0.2) is 11.5 Å². The van der Waals surface area contributed by atoms with Gasteiger partial charge in [0.05, 0.1) is 7.11 Å². The second-order valence-corrected chi connectivity index (χ2v) is 7.27. The van der Waals surface area contributed by atoms with E-state index in [1.54, 1.807) is 24.3 Å². The lowest BCUT2D eigenvalue weighted by Crippen LogP contribution is -2.45. The number of primary amides is 1. The lowest BCUT2D eigenvalue weighted by molar-refractivity contribution is -0.119. The Morgan fingerprint density at radius 2 is 1.71 bits per heavy atom. The van der Waals surface area contributed by atoms with Crippen molar-refractivity contribution < 1.29 is 19.1 Å². The zero-order valence-corrected chi connectivity index (χ0v) is 17.8. The van der Waals surface area contributed by atoms with Gasteiger partial charge in [0.25, 0.3) is 5.91 Å². The normalized spacial score (nSPS) is 11.4. The second kappa shape index (κ2) is 10.5. The summed E-state index contributed by atoms with van der Waals surface area (Å²) >= 11 is 6.16. The van der Waals surface area contributed by atoms with Crippen molar-refractivity contribution in [2.45, 2.75) is 19.1 Å². The molecule has 0 heterocycles. The van der Waals surface area contributed by atoms with Gasteiger partial charge in [0.1, 0.15) is 12.6 Å². The molecule has 0 aliphatic heterocycles. The van der Waals surface area contributed by atoms with E-state index in [0.717, 1.165) is 11.1 Å². The van der Waals surface area contributed by atoms with E-state index in [4.69, 9.17) is 26.8 Å². The number of benzene rings is 3. The maximum absolute atomic E-state index is 12.7. The van der Waals surface area contributed by atoms with Crippen molar-refractivity contribution in [2.24, 2.45) is 5.73 Å². The number of methoxy groups -OCH3 is 1. The number of carbonyl (C=O) groups excluding carboxylic acids is 2. The second-order valence-electron chi connectivity index (χ2n) is 6.86. The number of halogens is 1. The molecule has 3 N–H and O–H groups in total. The molecule has 0 bridgehead atoms. The quantitative estimate of drug-likeness (QED) is 0.532. The molecule has 2 amide bonds. The van der Waals surface area contributed by atoms with E-state index in [1.807, 2.05) is 48.5 Å². The number of hydrogen-bond donors (Lipinski definition) is 2. The summed E-state index contributed by atoms with van der Waals surface area (Å²) in [5.74, 6) is -0.187. The topological polar surface area (TPSA) is 90.6 Å². The molecule has 3 aromatic rings. The van der Waals surface area contributed by atoms with Crippen molar-refractivity contribution in [3.05, 3.63) is 94.5 Å². The highest BCUT2D eigenvalue weighted by atomic mass is 35.5. The van der Waals surface area contributed by atoms with E-state index in [-0.39, 0.29) is 6.61 Å². The molecule has 7 heteroatoms. The lowest BCUT2D eigenvalue weighted by Gasteiger charge is -2.17. The third-order valence-corrected chi connectivity index (χ3v) is 5.07. The molecule has 1 unspecified atom stereocenters. The molecular formula is C24H23ClN2O4. The van der Waals surface area contributed by atoms with Crippen LogP contribution in [0, 0.1) is 0 Å². The molecule has 31 heavy (non-hydrogen) atoms. The van der Waals surface area contributed by atoms with Crippen molar-refractivity contribution in [3.8, 4) is 11.5 Å². The first-order chi connectivity index (χ1) is 15.0. The van der Waals surface area contributed by atoms with Crippen molar-refractivity contribution in [3.63, 3.8) is 0 Å². The van der Waals surface area contributed by atoms with Gasteiger partial charge in [-0.25, -0.2) is 0 Å². The Hall–Kier alpha value is -3.51. The van der Waals surface area contributed by atoms with Crippen LogP contribution in [0.1, 0.15) is 21.5 Å². The summed E-state index contributed by atoms with van der Waals surface area (Å²) in [6, 6.07) is 20.7. The average molecular weight is 439 g/mol. The van der Waals surface area contributed by atoms with Crippen molar-refractivity contribution in [1.82, 2.24) is 5.32 Å². The summed E-state index contributed by atoms with van der Waals surface area (Å²) in [6.45, 7) is 0.252. The van der Waals surface area contributed by atoms with Gasteiger partial charge in [0, 0.05) is 22.6 Å². The van der Waals surface area contributed by atoms with Gasteiger partial charge in [-0.15, -0.1) is 0 Å². The minimum Gasteiger partial charge on any atom is -0.493 e. The Morgan fingerprint density at radius 1 is 1.00 bits per heavy atom. The van der Waals surface area contributed by atoms with E-state index in [9.17, 15) is 9.59 Å². The van der Waals surface area contributed by atoms with Crippen LogP contribution in [0.3, 0.4) is 0 Å². The van der Waals surface area contributed by atoms with Crippen LogP contribution in [0.15, 0.2) is 72.8 Å². The van der Waals surface area contributed by atoms with Gasteiger partial charge in [-0.1, -0.05) is 60.1 Å². The molecule has 0 aromatic heterocycles. The van der Waals surface area contributed by atoms with Crippen molar-refractivity contribution in [1.29, 1.82) is 0 Å². The van der Waals surface area contributed by atoms with E-state index < -0.39 is 17.9 Å². The third-order valence-electron chi connectivity index (χ3n) is 4.70. The van der Waals surface area contributed by atoms with Crippen LogP contribution < -0.4 is 20.5 Å². The molecule has 0 saturated heterocycles. The monoisotopic (exact) mass is 438 g/mol. The molecule has 0 spiro atoms.